The van der Waals surface area contributed by atoms with Gasteiger partial charge in [-0.15, -0.1) is 0 Å². The minimum absolute atomic E-state index is 0.0461. The number of hydrogen-bond acceptors (Lipinski definition) is 7. The van der Waals surface area contributed by atoms with E-state index >= 15 is 0 Å². The zero-order valence-electron chi connectivity index (χ0n) is 17.3. The third kappa shape index (κ3) is 5.24. The lowest BCUT2D eigenvalue weighted by atomic mass is 10.2. The summed E-state index contributed by atoms with van der Waals surface area (Å²) < 4.78 is 49.0. The zero-order chi connectivity index (χ0) is 24.3. The maximum atomic E-state index is 13.2. The molecule has 1 amide bonds. The van der Waals surface area contributed by atoms with E-state index in [1.165, 1.54) is 18.2 Å². The van der Waals surface area contributed by atoms with Crippen molar-refractivity contribution >= 4 is 39.0 Å². The number of carbonyl (C=O) groups excluding carboxylic acids is 2. The van der Waals surface area contributed by atoms with Crippen LogP contribution >= 0.6 is 11.6 Å². The molecule has 0 aromatic heterocycles. The quantitative estimate of drug-likeness (QED) is 0.310. The molecule has 0 fully saturated rings. The lowest BCUT2D eigenvalue weighted by Crippen LogP contribution is -2.23. The van der Waals surface area contributed by atoms with E-state index in [-0.39, 0.29) is 27.1 Å². The molecule has 0 aliphatic heterocycles. The topological polar surface area (TPSA) is 119 Å². The first-order chi connectivity index (χ1) is 15.5. The maximum Gasteiger partial charge on any atom is 0.396 e. The number of rotatable bonds is 5. The van der Waals surface area contributed by atoms with Crippen molar-refractivity contribution in [3.63, 3.8) is 0 Å². The second-order valence-corrected chi connectivity index (χ2v) is 9.06. The number of ether oxygens (including phenoxy) is 2. The third-order valence-electron chi connectivity index (χ3n) is 4.42. The SMILES string of the molecule is COC(=O)C(=O)Nc1cc(C)c(Oc2ccc(O)c(S(=O)(=O)c3ccc(F)cc3)c2)c(Cl)c1. The van der Waals surface area contributed by atoms with Crippen molar-refractivity contribution in [2.45, 2.75) is 16.7 Å². The average Bonchev–Trinajstić information content (AvgIpc) is 2.76. The molecule has 0 unspecified atom stereocenters. The van der Waals surface area contributed by atoms with Crippen molar-refractivity contribution in [1.29, 1.82) is 0 Å². The Bertz CT molecular complexity index is 1320. The van der Waals surface area contributed by atoms with Crippen molar-refractivity contribution < 1.29 is 37.0 Å². The first-order valence-electron chi connectivity index (χ1n) is 9.24. The van der Waals surface area contributed by atoms with Gasteiger partial charge in [-0.25, -0.2) is 17.6 Å². The molecule has 33 heavy (non-hydrogen) atoms. The van der Waals surface area contributed by atoms with E-state index in [1.54, 1.807) is 6.92 Å². The molecular weight excluding hydrogens is 477 g/mol. The van der Waals surface area contributed by atoms with Gasteiger partial charge in [0.1, 0.15) is 28.0 Å². The van der Waals surface area contributed by atoms with Crippen LogP contribution in [0.15, 0.2) is 64.4 Å². The van der Waals surface area contributed by atoms with Crippen LogP contribution in [0.4, 0.5) is 10.1 Å². The van der Waals surface area contributed by atoms with E-state index in [2.05, 4.69) is 10.1 Å². The number of phenolic OH excluding ortho intramolecular Hbond substituents is 1. The van der Waals surface area contributed by atoms with Crippen LogP contribution in [0.3, 0.4) is 0 Å². The molecule has 172 valence electrons. The Morgan fingerprint density at radius 1 is 1.06 bits per heavy atom. The van der Waals surface area contributed by atoms with Crippen molar-refractivity contribution in [1.82, 2.24) is 0 Å². The van der Waals surface area contributed by atoms with Gasteiger partial charge >= 0.3 is 11.9 Å². The largest absolute Gasteiger partial charge is 0.507 e. The minimum Gasteiger partial charge on any atom is -0.507 e. The Hall–Kier alpha value is -3.63. The van der Waals surface area contributed by atoms with Gasteiger partial charge in [-0.05, 0) is 61.0 Å². The van der Waals surface area contributed by atoms with Crippen LogP contribution in [0.2, 0.25) is 5.02 Å². The smallest absolute Gasteiger partial charge is 0.396 e. The van der Waals surface area contributed by atoms with Gasteiger partial charge in [0.2, 0.25) is 9.84 Å². The highest BCUT2D eigenvalue weighted by Crippen LogP contribution is 2.38. The molecule has 2 N–H and O–H groups in total. The number of hydrogen-bond donors (Lipinski definition) is 2. The number of amides is 1. The van der Waals surface area contributed by atoms with Crippen molar-refractivity contribution in [3.05, 3.63) is 71.0 Å². The molecular formula is C22H17ClFNO7S. The standard InChI is InChI=1S/C22H17ClFNO7S/c1-12-9-14(25-21(27)22(28)31-2)10-17(23)20(12)32-15-5-8-18(26)19(11-15)33(29,30)16-6-3-13(24)4-7-16/h3-11,26H,1-2H3,(H,25,27). The molecule has 0 saturated heterocycles. The van der Waals surface area contributed by atoms with Crippen LogP contribution in [-0.4, -0.2) is 32.5 Å². The van der Waals surface area contributed by atoms with E-state index in [0.29, 0.717) is 5.56 Å². The summed E-state index contributed by atoms with van der Waals surface area (Å²) in [6.07, 6.45) is 0. The van der Waals surface area contributed by atoms with Gasteiger partial charge in [0.05, 0.1) is 17.0 Å². The molecule has 3 aromatic rings. The highest BCUT2D eigenvalue weighted by Gasteiger charge is 2.23. The molecule has 0 aliphatic rings. The number of aryl methyl sites for hydroxylation is 1. The van der Waals surface area contributed by atoms with Crippen LogP contribution < -0.4 is 10.1 Å². The molecule has 0 aliphatic carbocycles. The Labute approximate surface area is 193 Å². The summed E-state index contributed by atoms with van der Waals surface area (Å²) in [6, 6.07) is 10.6. The van der Waals surface area contributed by atoms with Crippen LogP contribution in [-0.2, 0) is 24.2 Å². The maximum absolute atomic E-state index is 13.2. The molecule has 0 radical (unpaired) electrons. The summed E-state index contributed by atoms with van der Waals surface area (Å²) in [5.41, 5.74) is 0.671. The highest BCUT2D eigenvalue weighted by molar-refractivity contribution is 7.91. The fourth-order valence-electron chi connectivity index (χ4n) is 2.84. The number of anilines is 1. The number of benzene rings is 3. The highest BCUT2D eigenvalue weighted by atomic mass is 35.5. The predicted molar refractivity (Wildman–Crippen MR) is 117 cm³/mol. The van der Waals surface area contributed by atoms with Crippen molar-refractivity contribution in [3.8, 4) is 17.2 Å². The lowest BCUT2D eigenvalue weighted by Gasteiger charge is -2.14. The molecule has 0 atom stereocenters. The van der Waals surface area contributed by atoms with Gasteiger partial charge in [0.15, 0.2) is 0 Å². The molecule has 0 heterocycles. The number of nitrogens with one attached hydrogen (secondary N) is 1. The summed E-state index contributed by atoms with van der Waals surface area (Å²) in [6.45, 7) is 1.62. The monoisotopic (exact) mass is 493 g/mol. The van der Waals surface area contributed by atoms with Gasteiger partial charge in [0.25, 0.3) is 0 Å². The predicted octanol–water partition coefficient (Wildman–Crippen LogP) is 4.23. The Morgan fingerprint density at radius 2 is 1.73 bits per heavy atom. The van der Waals surface area contributed by atoms with E-state index in [9.17, 15) is 27.5 Å². The summed E-state index contributed by atoms with van der Waals surface area (Å²) in [5, 5.41) is 12.5. The molecule has 3 rings (SSSR count). The number of methoxy groups -OCH3 is 1. The molecule has 0 bridgehead atoms. The van der Waals surface area contributed by atoms with Gasteiger partial charge in [-0.2, -0.15) is 0 Å². The van der Waals surface area contributed by atoms with Gasteiger partial charge < -0.3 is 19.9 Å². The van der Waals surface area contributed by atoms with Gasteiger partial charge in [-0.3, -0.25) is 4.79 Å². The third-order valence-corrected chi connectivity index (χ3v) is 6.50. The van der Waals surface area contributed by atoms with Crippen LogP contribution in [0.1, 0.15) is 5.56 Å². The Morgan fingerprint density at radius 3 is 2.33 bits per heavy atom. The van der Waals surface area contributed by atoms with Crippen LogP contribution in [0.25, 0.3) is 0 Å². The number of carbonyl (C=O) groups is 2. The summed E-state index contributed by atoms with van der Waals surface area (Å²) in [4.78, 5) is 22.3. The lowest BCUT2D eigenvalue weighted by molar-refractivity contribution is -0.150. The molecule has 11 heteroatoms. The summed E-state index contributed by atoms with van der Waals surface area (Å²) in [5.74, 6) is -2.99. The minimum atomic E-state index is -4.17. The first-order valence-corrected chi connectivity index (χ1v) is 11.1. The number of aromatic hydroxyl groups is 1. The van der Waals surface area contributed by atoms with Crippen molar-refractivity contribution in [2.75, 3.05) is 12.4 Å². The average molecular weight is 494 g/mol. The van der Waals surface area contributed by atoms with Crippen molar-refractivity contribution in [2.24, 2.45) is 0 Å². The van der Waals surface area contributed by atoms with E-state index in [4.69, 9.17) is 16.3 Å². The Kier molecular flexibility index (Phi) is 6.89. The second kappa shape index (κ2) is 9.47. The molecule has 3 aromatic carbocycles. The van der Waals surface area contributed by atoms with Crippen LogP contribution in [0.5, 0.6) is 17.2 Å². The molecule has 0 spiro atoms. The number of halogens is 2. The van der Waals surface area contributed by atoms with E-state index in [0.717, 1.165) is 43.5 Å². The fraction of sp³-hybridized carbons (Fsp3) is 0.0909. The first kappa shape index (κ1) is 24.0. The normalized spacial score (nSPS) is 11.0. The van der Waals surface area contributed by atoms with Gasteiger partial charge in [-0.1, -0.05) is 11.6 Å². The Balaban J connectivity index is 1.92. The van der Waals surface area contributed by atoms with E-state index in [1.807, 2.05) is 0 Å². The number of esters is 1. The zero-order valence-corrected chi connectivity index (χ0v) is 18.8. The fourth-order valence-corrected chi connectivity index (χ4v) is 4.51. The summed E-state index contributed by atoms with van der Waals surface area (Å²) in [7, 11) is -3.10. The molecule has 0 saturated carbocycles. The van der Waals surface area contributed by atoms with Crippen LogP contribution in [0, 0.1) is 12.7 Å². The van der Waals surface area contributed by atoms with Gasteiger partial charge in [0, 0.05) is 11.8 Å². The summed E-state index contributed by atoms with van der Waals surface area (Å²) >= 11 is 6.26. The number of sulfone groups is 1. The second-order valence-electron chi connectivity index (χ2n) is 6.74. The molecule has 8 nitrogen and oxygen atoms in total. The van der Waals surface area contributed by atoms with E-state index < -0.39 is 38.2 Å². The number of phenols is 1.